The number of aromatic nitrogens is 5. The third kappa shape index (κ3) is 13.7. The highest BCUT2D eigenvalue weighted by molar-refractivity contribution is 7.90. The zero-order valence-corrected chi connectivity index (χ0v) is 55.1. The van der Waals surface area contributed by atoms with Gasteiger partial charge in [0.25, 0.3) is 17.7 Å². The zero-order valence-electron chi connectivity index (χ0n) is 52.6. The number of benzene rings is 4. The van der Waals surface area contributed by atoms with Gasteiger partial charge in [0.15, 0.2) is 5.13 Å². The number of anilines is 3. The number of thiazole rings is 2. The average molecular weight is 1300 g/mol. The molecule has 20 nitrogen and oxygen atoms in total. The lowest BCUT2D eigenvalue weighted by Gasteiger charge is -2.35. The van der Waals surface area contributed by atoms with Crippen molar-refractivity contribution in [2.45, 2.75) is 142 Å². The number of fused-ring (bicyclic) bond motifs is 2. The van der Waals surface area contributed by atoms with E-state index in [0.29, 0.717) is 71.7 Å². The van der Waals surface area contributed by atoms with E-state index >= 15 is 0 Å². The van der Waals surface area contributed by atoms with Crippen molar-refractivity contribution in [3.8, 4) is 21.6 Å². The van der Waals surface area contributed by atoms with Crippen LogP contribution in [-0.2, 0) is 39.1 Å². The number of pyridine rings is 1. The van der Waals surface area contributed by atoms with Crippen LogP contribution in [0.4, 0.5) is 16.6 Å². The van der Waals surface area contributed by atoms with E-state index in [1.54, 1.807) is 47.9 Å². The van der Waals surface area contributed by atoms with Crippen LogP contribution in [0.2, 0.25) is 0 Å². The molecule has 2 saturated heterocycles. The smallest absolute Gasteiger partial charge is 0.284 e. The second-order valence-electron chi connectivity index (χ2n) is 25.9. The molecule has 3 fully saturated rings. The summed E-state index contributed by atoms with van der Waals surface area (Å²) >= 11 is 2.97. The topological polar surface area (TPSA) is 254 Å². The lowest BCUT2D eigenvalue weighted by atomic mass is 9.85. The number of rotatable bonds is 17. The minimum Gasteiger partial charge on any atom is -0.391 e. The van der Waals surface area contributed by atoms with Gasteiger partial charge in [-0.05, 0) is 141 Å². The van der Waals surface area contributed by atoms with Gasteiger partial charge in [0, 0.05) is 79.3 Å². The van der Waals surface area contributed by atoms with Crippen LogP contribution in [-0.4, -0.2) is 122 Å². The number of para-hydroxylation sites is 1. The van der Waals surface area contributed by atoms with E-state index in [0.717, 1.165) is 73.8 Å². The van der Waals surface area contributed by atoms with E-state index in [2.05, 4.69) is 30.6 Å². The van der Waals surface area contributed by atoms with Crippen LogP contribution in [0.3, 0.4) is 0 Å². The predicted octanol–water partition coefficient (Wildman–Crippen LogP) is 10.4. The summed E-state index contributed by atoms with van der Waals surface area (Å²) in [7, 11) is -4.25. The van der Waals surface area contributed by atoms with E-state index in [-0.39, 0.29) is 37.4 Å². The third-order valence-corrected chi connectivity index (χ3v) is 22.4. The number of nitrogens with one attached hydrogen (secondary N) is 4. The summed E-state index contributed by atoms with van der Waals surface area (Å²) < 4.78 is 34.3. The lowest BCUT2D eigenvalue weighted by Crippen LogP contribution is -2.57. The molecule has 4 atom stereocenters. The van der Waals surface area contributed by atoms with Gasteiger partial charge in [0.1, 0.15) is 23.6 Å². The fourth-order valence-corrected chi connectivity index (χ4v) is 16.4. The molecule has 0 unspecified atom stereocenters. The first-order valence-electron chi connectivity index (χ1n) is 31.7. The van der Waals surface area contributed by atoms with Gasteiger partial charge in [-0.2, -0.15) is 5.10 Å². The standard InChI is InChI=1S/C69H78N12O8S3/c1-41(45-19-21-47(22-20-45)61-42(2)70-40-90-61)72-65(85)57-35-50(82)38-80(57)67(87)62(69(4,5)6)75-63(83)48-23-25-49(26-24-48)78-33-30-51(31-34-78)92(88,89)77-66(86)60-52(54-36-71-81(43(54)3)37-44-13-8-7-9-14-44)27-28-59(74-60)79-32-29-46-15-12-16-53(55(46)39-79)64(84)76-68-73-56-17-10-11-18-58(56)91-68/h10-12,15-28,36,40-41,44,50-51,57,62,82H,7-9,13-14,29-35,37-39H2,1-6H3,(H,72,85)(H,75,83)(H,77,86)(H,73,76,84)/t41-,50+,57-,62+/m0/s1. The van der Waals surface area contributed by atoms with E-state index in [9.17, 15) is 37.5 Å². The first-order chi connectivity index (χ1) is 44.1. The van der Waals surface area contributed by atoms with Crippen LogP contribution in [0.5, 0.6) is 0 Å². The summed E-state index contributed by atoms with van der Waals surface area (Å²) in [4.78, 5) is 91.7. The molecule has 1 saturated carbocycles. The van der Waals surface area contributed by atoms with Crippen LogP contribution in [0.1, 0.15) is 144 Å². The van der Waals surface area contributed by atoms with Gasteiger partial charge in [0.05, 0.1) is 49.9 Å². The predicted molar refractivity (Wildman–Crippen MR) is 359 cm³/mol. The van der Waals surface area contributed by atoms with Crippen LogP contribution in [0.25, 0.3) is 31.8 Å². The number of β-amino-alcohol motifs (C(OH)–C–C–N with tert-alkyl or cyclic N) is 1. The monoisotopic (exact) mass is 1300 g/mol. The van der Waals surface area contributed by atoms with Crippen LogP contribution in [0.15, 0.2) is 115 Å². The SMILES string of the molecule is Cc1ncsc1-c1ccc([C@H](C)NC(=O)[C@@H]2C[C@@H](O)CN2C(=O)[C@@H](NC(=O)c2ccc(N3CCC(S(=O)(=O)NC(=O)c4nc(N5CCc6cccc(C(=O)Nc7nc8ccccc8s7)c6C5)ccc4-c4cnn(CC5CCCCC5)c4C)CC3)cc2)C(C)(C)C)cc1. The first kappa shape index (κ1) is 63.8. The van der Waals surface area contributed by atoms with E-state index in [4.69, 9.17) is 10.1 Å². The minimum atomic E-state index is -4.25. The number of hydrogen-bond acceptors (Lipinski definition) is 16. The van der Waals surface area contributed by atoms with Crippen molar-refractivity contribution in [2.24, 2.45) is 11.3 Å². The fraction of sp³-hybridized carbons (Fsp3) is 0.406. The van der Waals surface area contributed by atoms with Crippen molar-refractivity contribution >= 4 is 89.1 Å². The normalized spacial score (nSPS) is 18.1. The van der Waals surface area contributed by atoms with Crippen LogP contribution < -0.4 is 30.5 Å². The molecule has 480 valence electrons. The Kier molecular flexibility index (Phi) is 18.5. The molecule has 3 aliphatic heterocycles. The summed E-state index contributed by atoms with van der Waals surface area (Å²) in [5, 5.41) is 24.2. The molecule has 0 spiro atoms. The van der Waals surface area contributed by atoms with Crippen molar-refractivity contribution in [3.05, 3.63) is 160 Å². The van der Waals surface area contributed by atoms with E-state index in [1.165, 1.54) is 35.5 Å². The van der Waals surface area contributed by atoms with Gasteiger partial charge >= 0.3 is 0 Å². The molecule has 4 aromatic carbocycles. The molecular formula is C69H78N12O8S3. The Labute approximate surface area is 544 Å². The maximum Gasteiger partial charge on any atom is 0.284 e. The maximum absolute atomic E-state index is 14.8. The van der Waals surface area contributed by atoms with Crippen molar-refractivity contribution in [1.82, 2.24) is 45.0 Å². The Hall–Kier alpha value is -8.38. The number of hydrogen-bond donors (Lipinski definition) is 5. The van der Waals surface area contributed by atoms with E-state index < -0.39 is 68.5 Å². The summed E-state index contributed by atoms with van der Waals surface area (Å²) in [6.07, 6.45) is 7.72. The first-order valence-corrected chi connectivity index (χ1v) is 35.0. The summed E-state index contributed by atoms with van der Waals surface area (Å²) in [6.45, 7) is 13.5. The third-order valence-electron chi connectivity index (χ3n) is 18.6. The number of aliphatic hydroxyl groups excluding tert-OH is 1. The largest absolute Gasteiger partial charge is 0.391 e. The molecule has 4 aliphatic rings. The van der Waals surface area contributed by atoms with Crippen LogP contribution >= 0.6 is 22.7 Å². The summed E-state index contributed by atoms with van der Waals surface area (Å²) in [5.41, 5.74) is 10.0. The number of amides is 5. The quantitative estimate of drug-likeness (QED) is 0.0569. The number of aryl methyl sites for hydroxylation is 1. The Morgan fingerprint density at radius 3 is 2.25 bits per heavy atom. The van der Waals surface area contributed by atoms with Crippen LogP contribution in [0, 0.1) is 25.2 Å². The molecule has 0 radical (unpaired) electrons. The van der Waals surface area contributed by atoms with Crippen molar-refractivity contribution in [3.63, 3.8) is 0 Å². The molecule has 4 aromatic heterocycles. The summed E-state index contributed by atoms with van der Waals surface area (Å²) in [6, 6.07) is 29.5. The molecule has 5 amide bonds. The maximum atomic E-state index is 14.8. The Morgan fingerprint density at radius 2 is 1.53 bits per heavy atom. The molecule has 92 heavy (non-hydrogen) atoms. The molecule has 0 bridgehead atoms. The number of nitrogens with zero attached hydrogens (tertiary/aromatic N) is 8. The highest BCUT2D eigenvalue weighted by atomic mass is 32.2. The van der Waals surface area contributed by atoms with Gasteiger partial charge in [0.2, 0.25) is 21.8 Å². The van der Waals surface area contributed by atoms with E-state index in [1.807, 2.05) is 134 Å². The zero-order chi connectivity index (χ0) is 64.6. The van der Waals surface area contributed by atoms with Gasteiger partial charge in [-0.3, -0.25) is 34.0 Å². The van der Waals surface area contributed by atoms with Gasteiger partial charge in [-0.1, -0.05) is 99.9 Å². The lowest BCUT2D eigenvalue weighted by molar-refractivity contribution is -0.142. The Morgan fingerprint density at radius 1 is 0.783 bits per heavy atom. The van der Waals surface area contributed by atoms with Gasteiger partial charge in [-0.15, -0.1) is 11.3 Å². The molecule has 12 rings (SSSR count). The average Bonchev–Trinajstić information content (AvgIpc) is 1.36. The number of carbonyl (C=O) groups is 5. The van der Waals surface area contributed by atoms with Crippen molar-refractivity contribution in [2.75, 3.05) is 41.3 Å². The minimum absolute atomic E-state index is 0.0491. The second-order valence-corrected chi connectivity index (χ2v) is 29.8. The summed E-state index contributed by atoms with van der Waals surface area (Å²) in [5.74, 6) is -1.57. The number of carbonyl (C=O) groups excluding carboxylic acids is 5. The van der Waals surface area contributed by atoms with Gasteiger partial charge < -0.3 is 30.4 Å². The molecule has 7 heterocycles. The number of aliphatic hydroxyl groups is 1. The molecule has 1 aliphatic carbocycles. The van der Waals surface area contributed by atoms with Gasteiger partial charge in [-0.25, -0.2) is 28.1 Å². The number of likely N-dealkylation sites (tertiary alicyclic amines) is 1. The molecule has 5 N–H and O–H groups in total. The Bertz CT molecular complexity index is 4150. The highest BCUT2D eigenvalue weighted by Gasteiger charge is 2.45. The van der Waals surface area contributed by atoms with Crippen molar-refractivity contribution in [1.29, 1.82) is 0 Å². The molecule has 23 heteroatoms. The Balaban J connectivity index is 0.700. The molecule has 8 aromatic rings. The van der Waals surface area contributed by atoms with Crippen molar-refractivity contribution < 1.29 is 37.5 Å². The fourth-order valence-electron chi connectivity index (χ4n) is 13.3. The molecular weight excluding hydrogens is 1220 g/mol. The number of piperidine rings is 1. The number of sulfonamides is 1. The second kappa shape index (κ2) is 26.7. The highest BCUT2D eigenvalue weighted by Crippen LogP contribution is 2.36.